The van der Waals surface area contributed by atoms with E-state index in [0.717, 1.165) is 46.7 Å². The Morgan fingerprint density at radius 3 is 2.87 bits per heavy atom. The van der Waals surface area contributed by atoms with Crippen LogP contribution in [0.3, 0.4) is 0 Å². The largest absolute Gasteiger partial charge is 0.496 e. The second-order valence-electron chi connectivity index (χ2n) is 7.00. The van der Waals surface area contributed by atoms with Gasteiger partial charge in [0.2, 0.25) is 11.8 Å². The quantitative estimate of drug-likeness (QED) is 0.361. The molecule has 0 bridgehead atoms. The molecule has 0 aliphatic carbocycles. The van der Waals surface area contributed by atoms with Crippen molar-refractivity contribution < 1.29 is 4.74 Å². The van der Waals surface area contributed by atoms with Gasteiger partial charge in [0.25, 0.3) is 0 Å². The van der Waals surface area contributed by atoms with Crippen molar-refractivity contribution >= 4 is 22.8 Å². The second kappa shape index (κ2) is 8.76. The zero-order valence-corrected chi connectivity index (χ0v) is 17.1. The number of methoxy groups -OCH3 is 1. The highest BCUT2D eigenvalue weighted by molar-refractivity contribution is 5.87. The molecule has 10 heteroatoms. The zero-order valence-electron chi connectivity index (χ0n) is 17.1. The summed E-state index contributed by atoms with van der Waals surface area (Å²) in [5.41, 5.74) is 9.48. The van der Waals surface area contributed by atoms with Crippen molar-refractivity contribution in [1.29, 1.82) is 0 Å². The third kappa shape index (κ3) is 4.02. The number of aromatic amines is 1. The first kappa shape index (κ1) is 19.6. The summed E-state index contributed by atoms with van der Waals surface area (Å²) in [4.78, 5) is 8.82. The average molecular weight is 407 g/mol. The molecule has 0 atom stereocenters. The van der Waals surface area contributed by atoms with Crippen LogP contribution < -0.4 is 15.8 Å². The normalized spacial score (nSPS) is 11.1. The number of aromatic nitrogens is 7. The number of anilines is 2. The van der Waals surface area contributed by atoms with Gasteiger partial charge >= 0.3 is 0 Å². The molecule has 3 aromatic heterocycles. The first-order chi connectivity index (χ1) is 14.7. The smallest absolute Gasteiger partial charge is 0.222 e. The number of nitrogens with zero attached hydrogens (tertiary/aromatic N) is 6. The van der Waals surface area contributed by atoms with Crippen LogP contribution in [0.2, 0.25) is 0 Å². The lowest BCUT2D eigenvalue weighted by Gasteiger charge is -2.14. The number of nitrogens with one attached hydrogen (secondary N) is 2. The molecule has 0 fully saturated rings. The van der Waals surface area contributed by atoms with Crippen LogP contribution in [0.1, 0.15) is 31.7 Å². The maximum atomic E-state index is 5.91. The van der Waals surface area contributed by atoms with Gasteiger partial charge in [-0.05, 0) is 23.8 Å². The number of benzene rings is 1. The minimum Gasteiger partial charge on any atom is -0.496 e. The van der Waals surface area contributed by atoms with Gasteiger partial charge in [0.05, 0.1) is 19.2 Å². The predicted octanol–water partition coefficient (Wildman–Crippen LogP) is 2.85. The van der Waals surface area contributed by atoms with E-state index in [0.29, 0.717) is 12.4 Å². The number of fused-ring (bicyclic) bond motifs is 1. The Labute approximate surface area is 173 Å². The Morgan fingerprint density at radius 1 is 1.20 bits per heavy atom. The Balaban J connectivity index is 1.65. The number of nitrogen functional groups attached to an aromatic ring is 1. The predicted molar refractivity (Wildman–Crippen MR) is 115 cm³/mol. The molecular weight excluding hydrogens is 382 g/mol. The van der Waals surface area contributed by atoms with Crippen molar-refractivity contribution in [1.82, 2.24) is 35.2 Å². The number of H-pyrrole nitrogens is 1. The lowest BCUT2D eigenvalue weighted by molar-refractivity contribution is 0.409. The average Bonchev–Trinajstić information content (AvgIpc) is 3.42. The highest BCUT2D eigenvalue weighted by atomic mass is 16.5. The van der Waals surface area contributed by atoms with E-state index in [9.17, 15) is 0 Å². The van der Waals surface area contributed by atoms with Crippen molar-refractivity contribution in [3.63, 3.8) is 0 Å². The maximum absolute atomic E-state index is 5.91. The number of nitrogens with two attached hydrogens (primary N) is 1. The fraction of sp³-hybridized carbons (Fsp3) is 0.350. The van der Waals surface area contributed by atoms with Crippen molar-refractivity contribution in [2.24, 2.45) is 0 Å². The van der Waals surface area contributed by atoms with Gasteiger partial charge in [-0.25, -0.2) is 4.98 Å². The molecule has 4 aromatic rings. The summed E-state index contributed by atoms with van der Waals surface area (Å²) in [6.07, 6.45) is 5.40. The molecule has 4 N–H and O–H groups in total. The van der Waals surface area contributed by atoms with Crippen LogP contribution in [-0.2, 0) is 6.54 Å². The van der Waals surface area contributed by atoms with Crippen LogP contribution in [-0.4, -0.2) is 48.8 Å². The molecule has 4 rings (SSSR count). The Kier molecular flexibility index (Phi) is 5.73. The molecule has 0 saturated carbocycles. The first-order valence-electron chi connectivity index (χ1n) is 9.96. The third-order valence-electron chi connectivity index (χ3n) is 4.93. The molecule has 0 saturated heterocycles. The standard InChI is InChI=1S/C20H25N9O/c1-3-4-5-9-22-19-17-15(23-20(21)24-19)8-10-29(17)12-14-7-6-13(11-16(14)30-2)18-25-27-28-26-18/h6-8,10-11H,3-5,9,12H2,1-2H3,(H3,21,22,23,24)(H,25,26,27,28). The summed E-state index contributed by atoms with van der Waals surface area (Å²) >= 11 is 0. The minimum atomic E-state index is 0.264. The molecule has 0 amide bonds. The number of hydrogen-bond acceptors (Lipinski definition) is 8. The lowest BCUT2D eigenvalue weighted by Crippen LogP contribution is -2.09. The molecule has 0 radical (unpaired) electrons. The minimum absolute atomic E-state index is 0.264. The Bertz CT molecular complexity index is 1120. The van der Waals surface area contributed by atoms with Crippen molar-refractivity contribution in [2.75, 3.05) is 24.7 Å². The summed E-state index contributed by atoms with van der Waals surface area (Å²) in [6.45, 7) is 3.62. The monoisotopic (exact) mass is 407 g/mol. The molecule has 0 aliphatic heterocycles. The number of tetrazole rings is 1. The van der Waals surface area contributed by atoms with E-state index in [1.54, 1.807) is 7.11 Å². The topological polar surface area (TPSA) is 132 Å². The molecule has 0 unspecified atom stereocenters. The zero-order chi connectivity index (χ0) is 20.9. The lowest BCUT2D eigenvalue weighted by atomic mass is 10.1. The summed E-state index contributed by atoms with van der Waals surface area (Å²) in [5.74, 6) is 2.28. The van der Waals surface area contributed by atoms with Gasteiger partial charge in [-0.1, -0.05) is 31.9 Å². The first-order valence-corrected chi connectivity index (χ1v) is 9.96. The van der Waals surface area contributed by atoms with Crippen molar-refractivity contribution in [3.05, 3.63) is 36.0 Å². The van der Waals surface area contributed by atoms with Crippen molar-refractivity contribution in [3.8, 4) is 17.1 Å². The maximum Gasteiger partial charge on any atom is 0.222 e. The fourth-order valence-electron chi connectivity index (χ4n) is 3.44. The van der Waals surface area contributed by atoms with Gasteiger partial charge in [-0.2, -0.15) is 10.2 Å². The number of hydrogen-bond donors (Lipinski definition) is 3. The molecule has 0 spiro atoms. The summed E-state index contributed by atoms with van der Waals surface area (Å²) < 4.78 is 7.72. The fourth-order valence-corrected chi connectivity index (χ4v) is 3.44. The molecule has 10 nitrogen and oxygen atoms in total. The van der Waals surface area contributed by atoms with Crippen LogP contribution in [0.15, 0.2) is 30.5 Å². The van der Waals surface area contributed by atoms with Crippen LogP contribution >= 0.6 is 0 Å². The van der Waals surface area contributed by atoms with Gasteiger partial charge in [0, 0.05) is 23.9 Å². The van der Waals surface area contributed by atoms with E-state index in [-0.39, 0.29) is 5.95 Å². The van der Waals surface area contributed by atoms with E-state index < -0.39 is 0 Å². The van der Waals surface area contributed by atoms with E-state index in [4.69, 9.17) is 10.5 Å². The molecule has 30 heavy (non-hydrogen) atoms. The van der Waals surface area contributed by atoms with E-state index in [1.165, 1.54) is 12.8 Å². The van der Waals surface area contributed by atoms with Gasteiger partial charge in [0.15, 0.2) is 5.82 Å². The van der Waals surface area contributed by atoms with Crippen molar-refractivity contribution in [2.45, 2.75) is 32.7 Å². The van der Waals surface area contributed by atoms with E-state index >= 15 is 0 Å². The van der Waals surface area contributed by atoms with Gasteiger partial charge in [-0.3, -0.25) is 0 Å². The van der Waals surface area contributed by atoms with E-state index in [1.807, 2.05) is 30.5 Å². The third-order valence-corrected chi connectivity index (χ3v) is 4.93. The van der Waals surface area contributed by atoms with Gasteiger partial charge < -0.3 is 20.4 Å². The second-order valence-corrected chi connectivity index (χ2v) is 7.00. The van der Waals surface area contributed by atoms with Crippen LogP contribution in [0.4, 0.5) is 11.8 Å². The highest BCUT2D eigenvalue weighted by Crippen LogP contribution is 2.28. The molecular formula is C20H25N9O. The molecule has 0 aliphatic rings. The molecule has 1 aromatic carbocycles. The summed E-state index contributed by atoms with van der Waals surface area (Å²) in [7, 11) is 1.65. The van der Waals surface area contributed by atoms with Gasteiger partial charge in [-0.15, -0.1) is 10.2 Å². The number of ether oxygens (including phenoxy) is 1. The van der Waals surface area contributed by atoms with Gasteiger partial charge in [0.1, 0.15) is 11.3 Å². The summed E-state index contributed by atoms with van der Waals surface area (Å²) in [5, 5.41) is 17.5. The SMILES string of the molecule is CCCCCNc1nc(N)nc2ccn(Cc3ccc(-c4nn[nH]n4)cc3OC)c12. The van der Waals surface area contributed by atoms with Crippen LogP contribution in [0.25, 0.3) is 22.4 Å². The number of unbranched alkanes of at least 4 members (excludes halogenated alkanes) is 2. The summed E-state index contributed by atoms with van der Waals surface area (Å²) in [6, 6.07) is 7.81. The Hall–Kier alpha value is -3.69. The number of rotatable bonds is 9. The van der Waals surface area contributed by atoms with E-state index in [2.05, 4.69) is 47.4 Å². The molecule has 156 valence electrons. The Morgan fingerprint density at radius 2 is 2.10 bits per heavy atom. The highest BCUT2D eigenvalue weighted by Gasteiger charge is 2.14. The van der Waals surface area contributed by atoms with Crippen LogP contribution in [0, 0.1) is 0 Å². The molecule has 3 heterocycles. The van der Waals surface area contributed by atoms with Crippen LogP contribution in [0.5, 0.6) is 5.75 Å².